The van der Waals surface area contributed by atoms with Crippen LogP contribution in [0.15, 0.2) is 18.2 Å². The first-order valence-corrected chi connectivity index (χ1v) is 6.20. The van der Waals surface area contributed by atoms with Crippen molar-refractivity contribution in [2.75, 3.05) is 13.2 Å². The van der Waals surface area contributed by atoms with Gasteiger partial charge in [-0.25, -0.2) is 4.39 Å². The second kappa shape index (κ2) is 8.14. The fourth-order valence-electron chi connectivity index (χ4n) is 1.96. The fourth-order valence-corrected chi connectivity index (χ4v) is 1.96. The van der Waals surface area contributed by atoms with Crippen molar-refractivity contribution in [2.24, 2.45) is 0 Å². The summed E-state index contributed by atoms with van der Waals surface area (Å²) in [5.74, 6) is -1.16. The van der Waals surface area contributed by atoms with E-state index in [2.05, 4.69) is 0 Å². The van der Waals surface area contributed by atoms with E-state index < -0.39 is 18.3 Å². The summed E-state index contributed by atoms with van der Waals surface area (Å²) in [5.41, 5.74) is -0.860. The molecule has 8 heteroatoms. The molecule has 1 unspecified atom stereocenters. The number of ether oxygens (including phenoxy) is 2. The van der Waals surface area contributed by atoms with Crippen molar-refractivity contribution in [3.8, 4) is 5.75 Å². The van der Waals surface area contributed by atoms with Crippen LogP contribution < -0.4 is 61.6 Å². The molecule has 1 aliphatic heterocycles. The van der Waals surface area contributed by atoms with E-state index in [9.17, 15) is 17.3 Å². The number of benzene rings is 1. The second-order valence-electron chi connectivity index (χ2n) is 4.56. The van der Waals surface area contributed by atoms with E-state index in [0.717, 1.165) is 31.4 Å². The van der Waals surface area contributed by atoms with Crippen LogP contribution in [0.3, 0.4) is 0 Å². The summed E-state index contributed by atoms with van der Waals surface area (Å²) < 4.78 is 61.5. The SMILES string of the molecule is Fc1ccc([B-](F)(F)F)cc1OCC1CCCCO1.[K+]. The van der Waals surface area contributed by atoms with E-state index in [-0.39, 0.29) is 69.8 Å². The average Bonchev–Trinajstić information content (AvgIpc) is 2.37. The number of rotatable bonds is 4. The van der Waals surface area contributed by atoms with Crippen LogP contribution in [0.5, 0.6) is 5.75 Å². The van der Waals surface area contributed by atoms with Crippen LogP contribution in [0, 0.1) is 5.82 Å². The van der Waals surface area contributed by atoms with Crippen LogP contribution in [0.4, 0.5) is 17.3 Å². The Balaban J connectivity index is 0.00000200. The van der Waals surface area contributed by atoms with E-state index in [1.54, 1.807) is 0 Å². The summed E-state index contributed by atoms with van der Waals surface area (Å²) in [6.07, 6.45) is 2.57. The topological polar surface area (TPSA) is 18.5 Å². The van der Waals surface area contributed by atoms with E-state index >= 15 is 0 Å². The summed E-state index contributed by atoms with van der Waals surface area (Å²) in [4.78, 5) is 0. The third-order valence-electron chi connectivity index (χ3n) is 3.03. The molecule has 0 N–H and O–H groups in total. The molecule has 0 spiro atoms. The van der Waals surface area contributed by atoms with E-state index in [1.165, 1.54) is 0 Å². The van der Waals surface area contributed by atoms with Gasteiger partial charge >= 0.3 is 58.4 Å². The molecule has 2 rings (SSSR count). The maximum absolute atomic E-state index is 13.4. The summed E-state index contributed by atoms with van der Waals surface area (Å²) in [7, 11) is 0. The molecule has 0 saturated carbocycles. The summed E-state index contributed by atoms with van der Waals surface area (Å²) in [6, 6.07) is 2.21. The molecule has 1 aromatic carbocycles. The van der Waals surface area contributed by atoms with Gasteiger partial charge in [-0.1, -0.05) is 6.07 Å². The predicted molar refractivity (Wildman–Crippen MR) is 64.2 cm³/mol. The number of hydrogen-bond acceptors (Lipinski definition) is 2. The van der Waals surface area contributed by atoms with E-state index in [0.29, 0.717) is 12.7 Å². The van der Waals surface area contributed by atoms with Crippen molar-refractivity contribution < 1.29 is 78.2 Å². The average molecular weight is 316 g/mol. The van der Waals surface area contributed by atoms with Gasteiger partial charge in [-0.2, -0.15) is 0 Å². The molecule has 0 radical (unpaired) electrons. The molecule has 0 aliphatic carbocycles. The monoisotopic (exact) mass is 316 g/mol. The fraction of sp³-hybridized carbons (Fsp3) is 0.500. The van der Waals surface area contributed by atoms with Gasteiger partial charge in [-0.15, -0.1) is 5.46 Å². The minimum Gasteiger partial charge on any atom is -0.488 e. The summed E-state index contributed by atoms with van der Waals surface area (Å²) in [6.45, 7) is -4.46. The molecular weight excluding hydrogens is 302 g/mol. The van der Waals surface area contributed by atoms with Crippen molar-refractivity contribution >= 4 is 12.4 Å². The molecule has 1 heterocycles. The third-order valence-corrected chi connectivity index (χ3v) is 3.03. The normalized spacial score (nSPS) is 19.3. The van der Waals surface area contributed by atoms with Crippen LogP contribution in [0.1, 0.15) is 19.3 Å². The van der Waals surface area contributed by atoms with Crippen molar-refractivity contribution in [3.63, 3.8) is 0 Å². The molecule has 2 nitrogen and oxygen atoms in total. The van der Waals surface area contributed by atoms with Crippen molar-refractivity contribution in [2.45, 2.75) is 25.4 Å². The van der Waals surface area contributed by atoms with Crippen LogP contribution in [0.2, 0.25) is 0 Å². The van der Waals surface area contributed by atoms with Gasteiger partial charge in [-0.05, 0) is 31.4 Å². The first-order valence-electron chi connectivity index (χ1n) is 6.20. The molecule has 1 aromatic rings. The number of halogens is 4. The Labute approximate surface area is 157 Å². The Morgan fingerprint density at radius 3 is 2.60 bits per heavy atom. The third kappa shape index (κ3) is 5.31. The zero-order chi connectivity index (χ0) is 13.9. The van der Waals surface area contributed by atoms with Crippen molar-refractivity contribution in [3.05, 3.63) is 24.0 Å². The predicted octanol–water partition coefficient (Wildman–Crippen LogP) is -0.168. The van der Waals surface area contributed by atoms with Gasteiger partial charge in [0.05, 0.1) is 6.10 Å². The van der Waals surface area contributed by atoms with Crippen LogP contribution >= 0.6 is 0 Å². The Hall–Kier alpha value is 0.401. The second-order valence-corrected chi connectivity index (χ2v) is 4.56. The van der Waals surface area contributed by atoms with Gasteiger partial charge in [-0.3, -0.25) is 0 Å². The van der Waals surface area contributed by atoms with E-state index in [1.807, 2.05) is 0 Å². The maximum Gasteiger partial charge on any atom is 1.00 e. The summed E-state index contributed by atoms with van der Waals surface area (Å²) in [5, 5.41) is 0. The molecular formula is C12H14BF4KO2. The van der Waals surface area contributed by atoms with Gasteiger partial charge in [0.15, 0.2) is 11.6 Å². The standard InChI is InChI=1S/C12H14BF4O2.K/c14-11-5-4-9(13(15,16)17)7-12(11)19-8-10-3-1-2-6-18-10;/h4-5,7,10H,1-3,6,8H2;/q-1;+1. The largest absolute Gasteiger partial charge is 1.00 e. The van der Waals surface area contributed by atoms with Gasteiger partial charge in [0.2, 0.25) is 0 Å². The molecule has 1 aliphatic rings. The molecule has 1 atom stereocenters. The molecule has 0 aromatic heterocycles. The molecule has 1 fully saturated rings. The zero-order valence-electron chi connectivity index (χ0n) is 11.3. The Bertz CT molecular complexity index is 436. The Kier molecular flexibility index (Phi) is 7.51. The smallest absolute Gasteiger partial charge is 0.488 e. The van der Waals surface area contributed by atoms with Crippen molar-refractivity contribution in [1.82, 2.24) is 0 Å². The van der Waals surface area contributed by atoms with Gasteiger partial charge in [0.25, 0.3) is 0 Å². The minimum absolute atomic E-state index is 0. The van der Waals surface area contributed by atoms with Crippen LogP contribution in [-0.2, 0) is 4.74 Å². The molecule has 0 amide bonds. The molecule has 20 heavy (non-hydrogen) atoms. The van der Waals surface area contributed by atoms with Gasteiger partial charge in [0.1, 0.15) is 6.61 Å². The van der Waals surface area contributed by atoms with Gasteiger partial charge in [0, 0.05) is 6.61 Å². The van der Waals surface area contributed by atoms with Crippen molar-refractivity contribution in [1.29, 1.82) is 0 Å². The summed E-state index contributed by atoms with van der Waals surface area (Å²) >= 11 is 0. The number of hydrogen-bond donors (Lipinski definition) is 0. The zero-order valence-corrected chi connectivity index (χ0v) is 14.4. The Morgan fingerprint density at radius 1 is 1.25 bits per heavy atom. The van der Waals surface area contributed by atoms with Crippen LogP contribution in [0.25, 0.3) is 0 Å². The van der Waals surface area contributed by atoms with Crippen LogP contribution in [-0.4, -0.2) is 26.3 Å². The molecule has 0 bridgehead atoms. The quantitative estimate of drug-likeness (QED) is 0.567. The first kappa shape index (κ1) is 18.5. The molecule has 1 saturated heterocycles. The first-order chi connectivity index (χ1) is 8.97. The minimum atomic E-state index is -5.15. The maximum atomic E-state index is 13.4. The Morgan fingerprint density at radius 2 is 2.00 bits per heavy atom. The van der Waals surface area contributed by atoms with E-state index in [4.69, 9.17) is 9.47 Å². The molecule has 106 valence electrons. The van der Waals surface area contributed by atoms with Gasteiger partial charge < -0.3 is 22.4 Å².